The van der Waals surface area contributed by atoms with E-state index in [9.17, 15) is 32.4 Å². The number of aliphatic hydroxyl groups is 3. The summed E-state index contributed by atoms with van der Waals surface area (Å²) in [7, 11) is -5.34. The standard InChI is InChI=1S/C17H16FN5O7S/c18-31(28,29)10-4-2-1-3-8(10)13(26)17(14(27)12(25)9(5-24)30-17)23-7-22-11-15(19)20-6-21-16(11)23/h1-4,6-7,9,12,14,24-25,27H,5H2,(H2,19,20,21)/t9-,12-,14-,17-/m1/s1. The molecule has 12 nitrogen and oxygen atoms in total. The smallest absolute Gasteiger partial charge is 0.332 e. The molecule has 4 rings (SSSR count). The zero-order valence-corrected chi connectivity index (χ0v) is 16.3. The molecular formula is C17H16FN5O7S. The zero-order valence-electron chi connectivity index (χ0n) is 15.5. The molecule has 1 aliphatic rings. The van der Waals surface area contributed by atoms with E-state index >= 15 is 0 Å². The lowest BCUT2D eigenvalue weighted by molar-refractivity contribution is -0.113. The number of rotatable bonds is 5. The van der Waals surface area contributed by atoms with Crippen LogP contribution in [0.15, 0.2) is 41.8 Å². The van der Waals surface area contributed by atoms with E-state index in [0.29, 0.717) is 0 Å². The third-order valence-electron chi connectivity index (χ3n) is 5.06. The molecule has 0 unspecified atom stereocenters. The highest BCUT2D eigenvalue weighted by molar-refractivity contribution is 7.86. The first kappa shape index (κ1) is 21.2. The average molecular weight is 453 g/mol. The molecule has 0 bridgehead atoms. The van der Waals surface area contributed by atoms with Crippen LogP contribution < -0.4 is 5.73 Å². The molecule has 0 radical (unpaired) electrons. The summed E-state index contributed by atoms with van der Waals surface area (Å²) in [4.78, 5) is 24.4. The number of Topliss-reactive ketones (excluding diaryl/α,β-unsaturated/α-hetero) is 1. The zero-order chi connectivity index (χ0) is 22.6. The monoisotopic (exact) mass is 453 g/mol. The SMILES string of the molecule is Nc1ncnc2c1ncn2[C@]1(C(=O)c2ccccc2S(=O)(=O)F)O[C@H](CO)[C@@H](O)[C@H]1O. The van der Waals surface area contributed by atoms with Crippen LogP contribution in [-0.4, -0.2) is 74.0 Å². The van der Waals surface area contributed by atoms with Gasteiger partial charge in [0.25, 0.3) is 0 Å². The number of nitrogens with zero attached hydrogens (tertiary/aromatic N) is 4. The summed E-state index contributed by atoms with van der Waals surface area (Å²) < 4.78 is 43.7. The van der Waals surface area contributed by atoms with Crippen LogP contribution in [0.25, 0.3) is 11.2 Å². The van der Waals surface area contributed by atoms with Crippen molar-refractivity contribution in [2.24, 2.45) is 0 Å². The van der Waals surface area contributed by atoms with Gasteiger partial charge in [-0.3, -0.25) is 9.36 Å². The second kappa shape index (κ2) is 7.28. The van der Waals surface area contributed by atoms with Gasteiger partial charge in [-0.15, -0.1) is 3.89 Å². The van der Waals surface area contributed by atoms with Crippen molar-refractivity contribution < 1.29 is 37.2 Å². The summed E-state index contributed by atoms with van der Waals surface area (Å²) in [6, 6.07) is 4.37. The van der Waals surface area contributed by atoms with Gasteiger partial charge in [-0.05, 0) is 12.1 Å². The number of carbonyl (C=O) groups excluding carboxylic acids is 1. The number of aromatic nitrogens is 4. The summed E-state index contributed by atoms with van der Waals surface area (Å²) in [5.41, 5.74) is 2.49. The van der Waals surface area contributed by atoms with Gasteiger partial charge in [0.05, 0.1) is 6.61 Å². The van der Waals surface area contributed by atoms with Crippen LogP contribution in [0.5, 0.6) is 0 Å². The Morgan fingerprint density at radius 3 is 2.61 bits per heavy atom. The Hall–Kier alpha value is -3.04. The van der Waals surface area contributed by atoms with Crippen molar-refractivity contribution in [3.8, 4) is 0 Å². The van der Waals surface area contributed by atoms with E-state index in [1.807, 2.05) is 0 Å². The van der Waals surface area contributed by atoms with Crippen LogP contribution in [0.3, 0.4) is 0 Å². The molecule has 0 spiro atoms. The fourth-order valence-corrected chi connectivity index (χ4v) is 4.27. The van der Waals surface area contributed by atoms with Crippen molar-refractivity contribution in [2.75, 3.05) is 12.3 Å². The molecule has 3 heterocycles. The van der Waals surface area contributed by atoms with Crippen molar-refractivity contribution in [1.82, 2.24) is 19.5 Å². The number of nitrogens with two attached hydrogens (primary N) is 1. The number of anilines is 1. The van der Waals surface area contributed by atoms with Crippen LogP contribution in [0.4, 0.5) is 9.70 Å². The van der Waals surface area contributed by atoms with Gasteiger partial charge < -0.3 is 25.8 Å². The Morgan fingerprint density at radius 2 is 1.97 bits per heavy atom. The Balaban J connectivity index is 2.02. The molecule has 1 saturated heterocycles. The molecule has 3 aromatic rings. The molecule has 164 valence electrons. The van der Waals surface area contributed by atoms with Gasteiger partial charge in [-0.1, -0.05) is 12.1 Å². The lowest BCUT2D eigenvalue weighted by Crippen LogP contribution is -2.52. The number of ether oxygens (including phenoxy) is 1. The molecule has 31 heavy (non-hydrogen) atoms. The Kier molecular flexibility index (Phi) is 4.98. The van der Waals surface area contributed by atoms with Crippen LogP contribution in [0.2, 0.25) is 0 Å². The number of imidazole rings is 1. The number of benzene rings is 1. The highest BCUT2D eigenvalue weighted by Crippen LogP contribution is 2.41. The number of halogens is 1. The predicted molar refractivity (Wildman–Crippen MR) is 101 cm³/mol. The summed E-state index contributed by atoms with van der Waals surface area (Å²) in [6.45, 7) is -0.792. The molecule has 0 saturated carbocycles. The maximum absolute atomic E-state index is 13.9. The van der Waals surface area contributed by atoms with E-state index in [2.05, 4.69) is 15.0 Å². The Labute approximate surface area is 174 Å². The third kappa shape index (κ3) is 3.07. The van der Waals surface area contributed by atoms with Crippen molar-refractivity contribution in [1.29, 1.82) is 0 Å². The lowest BCUT2D eigenvalue weighted by Gasteiger charge is -2.32. The highest BCUT2D eigenvalue weighted by Gasteiger charge is 2.61. The Bertz CT molecular complexity index is 1280. The van der Waals surface area contributed by atoms with Gasteiger partial charge in [0.2, 0.25) is 11.5 Å². The number of fused-ring (bicyclic) bond motifs is 1. The molecule has 0 amide bonds. The quantitative estimate of drug-likeness (QED) is 0.266. The minimum absolute atomic E-state index is 0.0267. The summed E-state index contributed by atoms with van der Waals surface area (Å²) in [5.74, 6) is -1.28. The first-order valence-electron chi connectivity index (χ1n) is 8.80. The van der Waals surface area contributed by atoms with Gasteiger partial charge in [-0.2, -0.15) is 8.42 Å². The maximum atomic E-state index is 13.9. The van der Waals surface area contributed by atoms with Gasteiger partial charge in [0.1, 0.15) is 41.4 Å². The van der Waals surface area contributed by atoms with Crippen molar-refractivity contribution in [2.45, 2.75) is 28.9 Å². The molecule has 0 aliphatic carbocycles. The van der Waals surface area contributed by atoms with E-state index < -0.39 is 57.1 Å². The first-order chi connectivity index (χ1) is 14.6. The molecule has 2 aromatic heterocycles. The van der Waals surface area contributed by atoms with Crippen molar-refractivity contribution in [3.63, 3.8) is 0 Å². The van der Waals surface area contributed by atoms with Crippen LogP contribution >= 0.6 is 0 Å². The number of ketones is 1. The van der Waals surface area contributed by atoms with E-state index in [1.54, 1.807) is 0 Å². The summed E-state index contributed by atoms with van der Waals surface area (Å²) in [6.07, 6.45) is -3.16. The van der Waals surface area contributed by atoms with E-state index in [4.69, 9.17) is 10.5 Å². The average Bonchev–Trinajstić information content (AvgIpc) is 3.28. The predicted octanol–water partition coefficient (Wildman–Crippen LogP) is -1.28. The van der Waals surface area contributed by atoms with Gasteiger partial charge in [0, 0.05) is 5.56 Å². The first-order valence-corrected chi connectivity index (χ1v) is 10.2. The van der Waals surface area contributed by atoms with Gasteiger partial charge >= 0.3 is 10.2 Å². The number of hydrogen-bond acceptors (Lipinski definition) is 11. The lowest BCUT2D eigenvalue weighted by atomic mass is 9.93. The highest BCUT2D eigenvalue weighted by atomic mass is 32.3. The fraction of sp³-hybridized carbons (Fsp3) is 0.294. The fourth-order valence-electron chi connectivity index (χ4n) is 3.60. The van der Waals surface area contributed by atoms with E-state index in [-0.39, 0.29) is 17.0 Å². The number of nitrogen functional groups attached to an aromatic ring is 1. The van der Waals surface area contributed by atoms with Crippen molar-refractivity contribution in [3.05, 3.63) is 42.5 Å². The summed E-state index contributed by atoms with van der Waals surface area (Å²) >= 11 is 0. The van der Waals surface area contributed by atoms with Gasteiger partial charge in [-0.25, -0.2) is 15.0 Å². The largest absolute Gasteiger partial charge is 0.394 e. The van der Waals surface area contributed by atoms with Crippen LogP contribution in [-0.2, 0) is 20.7 Å². The topological polar surface area (TPSA) is 191 Å². The molecule has 1 aliphatic heterocycles. The van der Waals surface area contributed by atoms with E-state index in [0.717, 1.165) is 29.4 Å². The minimum atomic E-state index is -5.34. The molecule has 5 N–H and O–H groups in total. The second-order valence-electron chi connectivity index (χ2n) is 6.78. The van der Waals surface area contributed by atoms with E-state index in [1.165, 1.54) is 12.1 Å². The minimum Gasteiger partial charge on any atom is -0.394 e. The van der Waals surface area contributed by atoms with Crippen LogP contribution in [0, 0.1) is 0 Å². The molecule has 14 heteroatoms. The molecule has 4 atom stereocenters. The second-order valence-corrected chi connectivity index (χ2v) is 8.10. The normalized spacial score (nSPS) is 26.4. The number of hydrogen-bond donors (Lipinski definition) is 4. The summed E-state index contributed by atoms with van der Waals surface area (Å²) in [5, 5.41) is 30.8. The third-order valence-corrected chi connectivity index (χ3v) is 5.94. The van der Waals surface area contributed by atoms with Gasteiger partial charge in [0.15, 0.2) is 11.5 Å². The van der Waals surface area contributed by atoms with Crippen molar-refractivity contribution >= 4 is 33.0 Å². The molecule has 1 aromatic carbocycles. The van der Waals surface area contributed by atoms with Crippen LogP contribution in [0.1, 0.15) is 10.4 Å². The maximum Gasteiger partial charge on any atom is 0.332 e. The molecule has 1 fully saturated rings. The number of carbonyl (C=O) groups is 1. The molecular weight excluding hydrogens is 437 g/mol. The number of aliphatic hydroxyl groups excluding tert-OH is 3. The Morgan fingerprint density at radius 1 is 1.26 bits per heavy atom.